The van der Waals surface area contributed by atoms with Crippen LogP contribution in [0.2, 0.25) is 0 Å². The van der Waals surface area contributed by atoms with E-state index in [0.29, 0.717) is 0 Å². The number of anilines is 8. The molecule has 2 unspecified atom stereocenters. The highest BCUT2D eigenvalue weighted by molar-refractivity contribution is 7.26. The first-order valence-corrected chi connectivity index (χ1v) is 32.0. The SMILES string of the molecule is CC(C)(C)c1ccc2c(c1)B1c3ccc4sc5ccc(C(C)(C)C)cc5c4c3N(c3ccc(C(C)(C)C)cc3-c3ccccc3)c3cc(N4c5ccc(C(C)(C)C)cc5C5(C)CCCCC45C)cc(c31)N2c1cccc2c1Bc1ccccc1-2. The van der Waals surface area contributed by atoms with Crippen LogP contribution in [-0.2, 0) is 27.1 Å². The Bertz CT molecular complexity index is 4410. The molecule has 0 spiro atoms. The summed E-state index contributed by atoms with van der Waals surface area (Å²) in [5.41, 5.74) is 28.7. The van der Waals surface area contributed by atoms with Gasteiger partial charge in [-0.05, 0) is 168 Å². The molecule has 1 saturated carbocycles. The number of benzene rings is 9. The van der Waals surface area contributed by atoms with Crippen LogP contribution in [0.25, 0.3) is 42.4 Å². The highest BCUT2D eigenvalue weighted by atomic mass is 32.1. The third-order valence-corrected chi connectivity index (χ3v) is 22.0. The number of hydrogen-bond donors (Lipinski definition) is 0. The van der Waals surface area contributed by atoms with Gasteiger partial charge < -0.3 is 14.7 Å². The van der Waals surface area contributed by atoms with Crippen LogP contribution < -0.4 is 42.0 Å². The van der Waals surface area contributed by atoms with E-state index in [1.807, 2.05) is 11.3 Å². The van der Waals surface area contributed by atoms with Crippen molar-refractivity contribution in [2.24, 2.45) is 0 Å². The Morgan fingerprint density at radius 3 is 1.79 bits per heavy atom. The molecule has 0 radical (unpaired) electrons. The molecule has 1 aromatic heterocycles. The lowest BCUT2D eigenvalue weighted by Crippen LogP contribution is -2.62. The Balaban J connectivity index is 1.13. The zero-order valence-corrected chi connectivity index (χ0v) is 52.8. The quantitative estimate of drug-likeness (QED) is 0.163. The molecule has 5 aliphatic rings. The van der Waals surface area contributed by atoms with Gasteiger partial charge in [0.2, 0.25) is 0 Å². The molecule has 0 bridgehead atoms. The normalized spacial score (nSPS) is 18.7. The van der Waals surface area contributed by atoms with Crippen molar-refractivity contribution >= 4 is 118 Å². The molecule has 6 heteroatoms. The van der Waals surface area contributed by atoms with Crippen molar-refractivity contribution in [1.29, 1.82) is 0 Å². The molecule has 418 valence electrons. The van der Waals surface area contributed by atoms with Crippen LogP contribution in [0.5, 0.6) is 0 Å². The fraction of sp³-hybridized carbons (Fsp3) is 0.308. The Kier molecular flexibility index (Phi) is 11.5. The lowest BCUT2D eigenvalue weighted by molar-refractivity contribution is 0.195. The predicted octanol–water partition coefficient (Wildman–Crippen LogP) is 18.1. The number of fused-ring (bicyclic) bond motifs is 14. The van der Waals surface area contributed by atoms with Crippen molar-refractivity contribution in [3.63, 3.8) is 0 Å². The standard InChI is InChI=1S/C78H79B2N3S/c1-73(2,3)48-29-34-61(55(41-48)47-23-16-15-17-24-47)82-66-46-52(83-62-35-30-50(75(7,8)9)43-57(62)77(13)39-20-21-40-78(77,83)14)45-65-71(66)80(59-33-38-68-69(72(59)82)56-42-49(74(4,5)6)32-37-67(56)84-68)60-44-51(76(10,11)12)31-36-63(60)81(65)64-28-22-26-54-53-25-18-19-27-58(53)79-70(54)64/h15-19,22-38,41-46,79H,20-21,39-40H2,1-14H3. The summed E-state index contributed by atoms with van der Waals surface area (Å²) in [4.78, 5) is 8.41. The minimum atomic E-state index is -0.194. The van der Waals surface area contributed by atoms with E-state index in [1.54, 1.807) is 0 Å². The third kappa shape index (κ3) is 7.76. The Hall–Kier alpha value is -7.27. The summed E-state index contributed by atoms with van der Waals surface area (Å²) in [5, 5.41) is 2.68. The third-order valence-electron chi connectivity index (χ3n) is 20.9. The minimum absolute atomic E-state index is 0.0168. The molecule has 2 atom stereocenters. The lowest BCUT2D eigenvalue weighted by Gasteiger charge is -2.51. The van der Waals surface area contributed by atoms with E-state index in [0.717, 1.165) is 20.1 Å². The van der Waals surface area contributed by atoms with Gasteiger partial charge in [-0.25, -0.2) is 0 Å². The highest BCUT2D eigenvalue weighted by Gasteiger charge is 2.58. The first-order valence-electron chi connectivity index (χ1n) is 31.2. The van der Waals surface area contributed by atoms with Crippen LogP contribution in [0.15, 0.2) is 170 Å². The number of nitrogens with zero attached hydrogens (tertiary/aromatic N) is 3. The smallest absolute Gasteiger partial charge is 0.252 e. The molecular weight excluding hydrogens is 1030 g/mol. The van der Waals surface area contributed by atoms with Gasteiger partial charge in [-0.2, -0.15) is 0 Å². The van der Waals surface area contributed by atoms with E-state index in [4.69, 9.17) is 0 Å². The maximum atomic E-state index is 2.87. The molecule has 4 aliphatic heterocycles. The van der Waals surface area contributed by atoms with E-state index in [1.165, 1.54) is 156 Å². The molecule has 3 nitrogen and oxygen atoms in total. The van der Waals surface area contributed by atoms with E-state index < -0.39 is 0 Å². The van der Waals surface area contributed by atoms with Crippen molar-refractivity contribution in [2.45, 2.75) is 155 Å². The van der Waals surface area contributed by atoms with Crippen molar-refractivity contribution < 1.29 is 0 Å². The first-order chi connectivity index (χ1) is 39.9. The van der Waals surface area contributed by atoms with Crippen LogP contribution in [0.3, 0.4) is 0 Å². The highest BCUT2D eigenvalue weighted by Crippen LogP contribution is 2.63. The van der Waals surface area contributed by atoms with Crippen molar-refractivity contribution in [1.82, 2.24) is 0 Å². The molecule has 10 aromatic rings. The van der Waals surface area contributed by atoms with Gasteiger partial charge in [0.15, 0.2) is 7.28 Å². The van der Waals surface area contributed by atoms with Crippen LogP contribution in [0.4, 0.5) is 45.5 Å². The van der Waals surface area contributed by atoms with Crippen molar-refractivity contribution in [2.75, 3.05) is 14.7 Å². The maximum absolute atomic E-state index is 2.87. The lowest BCUT2D eigenvalue weighted by atomic mass is 9.33. The minimum Gasteiger partial charge on any atom is -0.334 e. The average molecular weight is 1110 g/mol. The van der Waals surface area contributed by atoms with Crippen LogP contribution in [0.1, 0.15) is 150 Å². The van der Waals surface area contributed by atoms with Gasteiger partial charge in [-0.1, -0.05) is 218 Å². The topological polar surface area (TPSA) is 9.72 Å². The molecule has 1 fully saturated rings. The Morgan fingerprint density at radius 1 is 0.464 bits per heavy atom. The van der Waals surface area contributed by atoms with E-state index in [2.05, 4.69) is 281 Å². The largest absolute Gasteiger partial charge is 0.334 e. The second kappa shape index (κ2) is 18.1. The second-order valence-corrected chi connectivity index (χ2v) is 31.2. The fourth-order valence-electron chi connectivity index (χ4n) is 15.9. The maximum Gasteiger partial charge on any atom is 0.252 e. The molecular formula is C78H79B2N3S. The van der Waals surface area contributed by atoms with E-state index in [9.17, 15) is 0 Å². The molecule has 9 aromatic carbocycles. The van der Waals surface area contributed by atoms with Crippen LogP contribution in [-0.4, -0.2) is 19.5 Å². The molecule has 0 amide bonds. The summed E-state index contributed by atoms with van der Waals surface area (Å²) in [6.07, 6.45) is 4.71. The van der Waals surface area contributed by atoms with E-state index in [-0.39, 0.29) is 39.3 Å². The average Bonchev–Trinajstić information content (AvgIpc) is 1.20. The van der Waals surface area contributed by atoms with Crippen LogP contribution in [0, 0.1) is 0 Å². The van der Waals surface area contributed by atoms with Gasteiger partial charge in [0, 0.05) is 65.3 Å². The fourth-order valence-corrected chi connectivity index (χ4v) is 17.0. The van der Waals surface area contributed by atoms with Crippen molar-refractivity contribution in [3.8, 4) is 22.3 Å². The van der Waals surface area contributed by atoms with Crippen molar-refractivity contribution in [3.05, 3.63) is 198 Å². The summed E-state index contributed by atoms with van der Waals surface area (Å²) in [7, 11) is 0.889. The van der Waals surface area contributed by atoms with Gasteiger partial charge in [0.25, 0.3) is 6.71 Å². The van der Waals surface area contributed by atoms with Gasteiger partial charge in [-0.15, -0.1) is 11.3 Å². The zero-order valence-electron chi connectivity index (χ0n) is 52.0. The molecule has 0 saturated heterocycles. The summed E-state index contributed by atoms with van der Waals surface area (Å²) < 4.78 is 2.65. The molecule has 1 aliphatic carbocycles. The molecule has 0 N–H and O–H groups in total. The Morgan fingerprint density at radius 2 is 1.06 bits per heavy atom. The summed E-state index contributed by atoms with van der Waals surface area (Å²) in [5.74, 6) is 0. The summed E-state index contributed by atoms with van der Waals surface area (Å²) in [6, 6.07) is 67.8. The number of rotatable bonds is 4. The van der Waals surface area contributed by atoms with Gasteiger partial charge in [-0.3, -0.25) is 0 Å². The Labute approximate surface area is 505 Å². The summed E-state index contributed by atoms with van der Waals surface area (Å²) >= 11 is 1.95. The van der Waals surface area contributed by atoms with Gasteiger partial charge >= 0.3 is 0 Å². The summed E-state index contributed by atoms with van der Waals surface area (Å²) in [6.45, 7) is 33.6. The van der Waals surface area contributed by atoms with Gasteiger partial charge in [0.05, 0.1) is 16.9 Å². The molecule has 5 heterocycles. The van der Waals surface area contributed by atoms with Gasteiger partial charge in [0.1, 0.15) is 0 Å². The monoisotopic (exact) mass is 1110 g/mol. The predicted molar refractivity (Wildman–Crippen MR) is 368 cm³/mol. The molecule has 84 heavy (non-hydrogen) atoms. The zero-order chi connectivity index (χ0) is 58.4. The first kappa shape index (κ1) is 53.5. The second-order valence-electron chi connectivity index (χ2n) is 30.1. The molecule has 15 rings (SSSR count). The van der Waals surface area contributed by atoms with Crippen LogP contribution >= 0.6 is 11.3 Å². The number of hydrogen-bond acceptors (Lipinski definition) is 4. The van der Waals surface area contributed by atoms with E-state index >= 15 is 0 Å². The number of thiophene rings is 1.